The fraction of sp³-hybridized carbons (Fsp3) is 0.389. The van der Waals surface area contributed by atoms with Crippen LogP contribution in [0.1, 0.15) is 18.4 Å². The maximum Gasteiger partial charge on any atom is 0.242 e. The molecule has 1 aromatic carbocycles. The molecule has 1 fully saturated rings. The van der Waals surface area contributed by atoms with Crippen molar-refractivity contribution in [2.75, 3.05) is 13.1 Å². The molecular weight excluding hydrogens is 304 g/mol. The fourth-order valence-electron chi connectivity index (χ4n) is 3.02. The number of amides is 2. The quantitative estimate of drug-likeness (QED) is 0.832. The first-order valence-corrected chi connectivity index (χ1v) is 8.29. The molecule has 1 saturated heterocycles. The van der Waals surface area contributed by atoms with E-state index in [4.69, 9.17) is 0 Å². The summed E-state index contributed by atoms with van der Waals surface area (Å²) in [4.78, 5) is 25.9. The van der Waals surface area contributed by atoms with Gasteiger partial charge in [-0.1, -0.05) is 30.3 Å². The summed E-state index contributed by atoms with van der Waals surface area (Å²) in [5.41, 5.74) is 1.29. The van der Waals surface area contributed by atoms with Crippen molar-refractivity contribution < 1.29 is 9.59 Å². The monoisotopic (exact) mass is 326 g/mol. The molecule has 3 rings (SSSR count). The van der Waals surface area contributed by atoms with Crippen LogP contribution in [0.3, 0.4) is 0 Å². The minimum Gasteiger partial charge on any atom is -0.349 e. The smallest absolute Gasteiger partial charge is 0.242 e. The Balaban J connectivity index is 1.41. The number of benzene rings is 1. The second kappa shape index (κ2) is 7.77. The van der Waals surface area contributed by atoms with Gasteiger partial charge in [-0.05, 0) is 24.5 Å². The van der Waals surface area contributed by atoms with Crippen molar-refractivity contribution >= 4 is 11.8 Å². The lowest BCUT2D eigenvalue weighted by molar-refractivity contribution is -0.127. The Bertz CT molecular complexity index is 670. The molecule has 1 aromatic heterocycles. The third kappa shape index (κ3) is 4.44. The van der Waals surface area contributed by atoms with Gasteiger partial charge < -0.3 is 10.2 Å². The Morgan fingerprint density at radius 1 is 1.25 bits per heavy atom. The summed E-state index contributed by atoms with van der Waals surface area (Å²) in [6, 6.07) is 11.9. The van der Waals surface area contributed by atoms with E-state index in [0.29, 0.717) is 13.0 Å². The summed E-state index contributed by atoms with van der Waals surface area (Å²) in [6.45, 7) is 1.52. The lowest BCUT2D eigenvalue weighted by Gasteiger charge is -2.17. The van der Waals surface area contributed by atoms with E-state index >= 15 is 0 Å². The summed E-state index contributed by atoms with van der Waals surface area (Å²) in [6.07, 6.45) is 5.66. The number of likely N-dealkylation sites (tertiary alicyclic amines) is 1. The highest BCUT2D eigenvalue weighted by Crippen LogP contribution is 2.13. The number of hydrogen-bond donors (Lipinski definition) is 1. The molecule has 1 atom stereocenters. The first-order chi connectivity index (χ1) is 11.7. The van der Waals surface area contributed by atoms with E-state index in [2.05, 4.69) is 22.5 Å². The second-order valence-electron chi connectivity index (χ2n) is 6.10. The summed E-state index contributed by atoms with van der Waals surface area (Å²) in [7, 11) is 0. The number of nitrogens with one attached hydrogen (secondary N) is 1. The van der Waals surface area contributed by atoms with E-state index in [0.717, 1.165) is 19.4 Å². The zero-order valence-corrected chi connectivity index (χ0v) is 13.6. The Morgan fingerprint density at radius 2 is 2.08 bits per heavy atom. The number of aromatic nitrogens is 2. The molecule has 1 aliphatic rings. The first kappa shape index (κ1) is 16.2. The summed E-state index contributed by atoms with van der Waals surface area (Å²) < 4.78 is 1.57. The standard InChI is InChI=1S/C18H22N4O2/c23-17(14-22-11-5-9-19-22)20-16-12-18(24)21(13-16)10-4-8-15-6-2-1-3-7-15/h1-3,5-7,9,11,16H,4,8,10,12-14H2,(H,20,23)/t16-/m0/s1. The summed E-state index contributed by atoms with van der Waals surface area (Å²) in [5, 5.41) is 6.93. The molecule has 0 aliphatic carbocycles. The number of rotatable bonds is 7. The predicted octanol–water partition coefficient (Wildman–Crippen LogP) is 1.23. The molecule has 6 nitrogen and oxygen atoms in total. The molecule has 0 radical (unpaired) electrons. The molecule has 0 unspecified atom stereocenters. The Morgan fingerprint density at radius 3 is 2.83 bits per heavy atom. The molecule has 0 bridgehead atoms. The molecule has 24 heavy (non-hydrogen) atoms. The number of aryl methyl sites for hydroxylation is 1. The number of nitrogens with zero attached hydrogens (tertiary/aromatic N) is 3. The van der Waals surface area contributed by atoms with Gasteiger partial charge >= 0.3 is 0 Å². The highest BCUT2D eigenvalue weighted by atomic mass is 16.2. The minimum atomic E-state index is -0.109. The highest BCUT2D eigenvalue weighted by molar-refractivity contribution is 5.82. The van der Waals surface area contributed by atoms with E-state index in [1.54, 1.807) is 23.1 Å². The third-order valence-electron chi connectivity index (χ3n) is 4.18. The van der Waals surface area contributed by atoms with Crippen LogP contribution in [0, 0.1) is 0 Å². The van der Waals surface area contributed by atoms with Gasteiger partial charge in [-0.3, -0.25) is 14.3 Å². The van der Waals surface area contributed by atoms with E-state index in [-0.39, 0.29) is 24.4 Å². The second-order valence-corrected chi connectivity index (χ2v) is 6.10. The van der Waals surface area contributed by atoms with E-state index in [1.807, 2.05) is 23.1 Å². The minimum absolute atomic E-state index is 0.0997. The van der Waals surface area contributed by atoms with Crippen LogP contribution >= 0.6 is 0 Å². The van der Waals surface area contributed by atoms with Gasteiger partial charge in [0.2, 0.25) is 11.8 Å². The number of carbonyl (C=O) groups is 2. The zero-order valence-electron chi connectivity index (χ0n) is 13.6. The molecule has 2 aromatic rings. The number of carbonyl (C=O) groups excluding carboxylic acids is 2. The Kier molecular flexibility index (Phi) is 5.25. The largest absolute Gasteiger partial charge is 0.349 e. The maximum atomic E-state index is 12.1. The fourth-order valence-corrected chi connectivity index (χ4v) is 3.02. The normalized spacial score (nSPS) is 17.2. The van der Waals surface area contributed by atoms with Crippen molar-refractivity contribution in [2.45, 2.75) is 31.8 Å². The van der Waals surface area contributed by atoms with Crippen LogP contribution in [0.4, 0.5) is 0 Å². The maximum absolute atomic E-state index is 12.1. The van der Waals surface area contributed by atoms with Crippen molar-refractivity contribution in [3.8, 4) is 0 Å². The topological polar surface area (TPSA) is 67.2 Å². The van der Waals surface area contributed by atoms with Crippen LogP contribution in [0.25, 0.3) is 0 Å². The van der Waals surface area contributed by atoms with Crippen LogP contribution < -0.4 is 5.32 Å². The molecule has 2 heterocycles. The molecular formula is C18H22N4O2. The van der Waals surface area contributed by atoms with Gasteiger partial charge in [0.25, 0.3) is 0 Å². The van der Waals surface area contributed by atoms with Crippen molar-refractivity contribution in [1.82, 2.24) is 20.0 Å². The third-order valence-corrected chi connectivity index (χ3v) is 4.18. The Hall–Kier alpha value is -2.63. The predicted molar refractivity (Wildman–Crippen MR) is 90.1 cm³/mol. The summed E-state index contributed by atoms with van der Waals surface area (Å²) >= 11 is 0. The van der Waals surface area contributed by atoms with Gasteiger partial charge in [0.15, 0.2) is 0 Å². The SMILES string of the molecule is O=C(Cn1cccn1)N[C@H]1CC(=O)N(CCCc2ccccc2)C1. The highest BCUT2D eigenvalue weighted by Gasteiger charge is 2.30. The van der Waals surface area contributed by atoms with E-state index < -0.39 is 0 Å². The van der Waals surface area contributed by atoms with Gasteiger partial charge in [-0.2, -0.15) is 5.10 Å². The van der Waals surface area contributed by atoms with E-state index in [1.165, 1.54) is 5.56 Å². The number of hydrogen-bond acceptors (Lipinski definition) is 3. The Labute approximate surface area is 141 Å². The van der Waals surface area contributed by atoms with Crippen LogP contribution in [-0.2, 0) is 22.6 Å². The van der Waals surface area contributed by atoms with Gasteiger partial charge in [-0.25, -0.2) is 0 Å². The van der Waals surface area contributed by atoms with Crippen LogP contribution in [0.15, 0.2) is 48.8 Å². The molecule has 1 N–H and O–H groups in total. The van der Waals surface area contributed by atoms with Crippen molar-refractivity contribution in [3.63, 3.8) is 0 Å². The van der Waals surface area contributed by atoms with Crippen LogP contribution in [-0.4, -0.2) is 45.6 Å². The van der Waals surface area contributed by atoms with Crippen molar-refractivity contribution in [3.05, 3.63) is 54.4 Å². The van der Waals surface area contributed by atoms with Gasteiger partial charge in [-0.15, -0.1) is 0 Å². The average molecular weight is 326 g/mol. The zero-order chi connectivity index (χ0) is 16.8. The van der Waals surface area contributed by atoms with Crippen LogP contribution in [0.2, 0.25) is 0 Å². The van der Waals surface area contributed by atoms with Gasteiger partial charge in [0, 0.05) is 31.9 Å². The molecule has 0 saturated carbocycles. The van der Waals surface area contributed by atoms with Gasteiger partial charge in [0.05, 0.1) is 6.04 Å². The molecule has 6 heteroatoms. The van der Waals surface area contributed by atoms with Gasteiger partial charge in [0.1, 0.15) is 6.54 Å². The van der Waals surface area contributed by atoms with E-state index in [9.17, 15) is 9.59 Å². The van der Waals surface area contributed by atoms with Crippen molar-refractivity contribution in [1.29, 1.82) is 0 Å². The first-order valence-electron chi connectivity index (χ1n) is 8.29. The lowest BCUT2D eigenvalue weighted by Crippen LogP contribution is -2.39. The van der Waals surface area contributed by atoms with Crippen LogP contribution in [0.5, 0.6) is 0 Å². The summed E-state index contributed by atoms with van der Waals surface area (Å²) in [5.74, 6) is 0.00934. The lowest BCUT2D eigenvalue weighted by atomic mass is 10.1. The molecule has 126 valence electrons. The molecule has 1 aliphatic heterocycles. The molecule has 0 spiro atoms. The molecule has 2 amide bonds. The average Bonchev–Trinajstić information content (AvgIpc) is 3.18. The van der Waals surface area contributed by atoms with Crippen molar-refractivity contribution in [2.24, 2.45) is 0 Å².